The highest BCUT2D eigenvalue weighted by Gasteiger charge is 2.02. The third kappa shape index (κ3) is 3.95. The second-order valence-electron chi connectivity index (χ2n) is 2.32. The standard InChI is InChI=1S/C8H14O/c1-4-5-6-7(2)8(3)9/h4-5,7H,6H2,1-3H3/b5-4-/t7-/m1/s1. The molecule has 0 aliphatic carbocycles. The normalized spacial score (nSPS) is 14.1. The average molecular weight is 126 g/mol. The van der Waals surface area contributed by atoms with E-state index in [2.05, 4.69) is 0 Å². The Morgan fingerprint density at radius 2 is 2.22 bits per heavy atom. The first-order valence-corrected chi connectivity index (χ1v) is 3.30. The summed E-state index contributed by atoms with van der Waals surface area (Å²) in [6, 6.07) is 0. The van der Waals surface area contributed by atoms with Gasteiger partial charge in [0.25, 0.3) is 0 Å². The number of carbonyl (C=O) groups excluding carboxylic acids is 1. The molecule has 52 valence electrons. The molecule has 1 nitrogen and oxygen atoms in total. The van der Waals surface area contributed by atoms with Crippen LogP contribution in [-0.4, -0.2) is 5.78 Å². The summed E-state index contributed by atoms with van der Waals surface area (Å²) in [5, 5.41) is 0. The van der Waals surface area contributed by atoms with Gasteiger partial charge in [-0.2, -0.15) is 0 Å². The highest BCUT2D eigenvalue weighted by Crippen LogP contribution is 2.02. The predicted molar refractivity (Wildman–Crippen MR) is 39.3 cm³/mol. The summed E-state index contributed by atoms with van der Waals surface area (Å²) in [7, 11) is 0. The molecule has 0 N–H and O–H groups in total. The van der Waals surface area contributed by atoms with E-state index in [0.717, 1.165) is 6.42 Å². The van der Waals surface area contributed by atoms with Crippen molar-refractivity contribution in [2.45, 2.75) is 27.2 Å². The van der Waals surface area contributed by atoms with E-state index < -0.39 is 0 Å². The molecule has 0 unspecified atom stereocenters. The molecule has 0 aromatic rings. The first-order chi connectivity index (χ1) is 4.18. The molecule has 0 aliphatic rings. The minimum absolute atomic E-state index is 0.196. The lowest BCUT2D eigenvalue weighted by Gasteiger charge is -2.00. The van der Waals surface area contributed by atoms with Gasteiger partial charge in [0.05, 0.1) is 0 Å². The fraction of sp³-hybridized carbons (Fsp3) is 0.625. The number of rotatable bonds is 3. The fourth-order valence-electron chi connectivity index (χ4n) is 0.506. The van der Waals surface area contributed by atoms with Gasteiger partial charge < -0.3 is 0 Å². The zero-order valence-corrected chi connectivity index (χ0v) is 6.35. The lowest BCUT2D eigenvalue weighted by molar-refractivity contribution is -0.120. The molecule has 0 radical (unpaired) electrons. The van der Waals surface area contributed by atoms with Crippen LogP contribution in [0.15, 0.2) is 12.2 Å². The van der Waals surface area contributed by atoms with Crippen LogP contribution in [0.4, 0.5) is 0 Å². The highest BCUT2D eigenvalue weighted by atomic mass is 16.1. The molecule has 0 aromatic heterocycles. The van der Waals surface area contributed by atoms with Gasteiger partial charge in [-0.1, -0.05) is 19.1 Å². The van der Waals surface area contributed by atoms with Crippen LogP contribution in [-0.2, 0) is 4.79 Å². The number of Topliss-reactive ketones (excluding diaryl/α,β-unsaturated/α-hetero) is 1. The van der Waals surface area contributed by atoms with Crippen molar-refractivity contribution >= 4 is 5.78 Å². The maximum atomic E-state index is 10.6. The Hall–Kier alpha value is -0.590. The molecular formula is C8H14O. The minimum atomic E-state index is 0.196. The fourth-order valence-corrected chi connectivity index (χ4v) is 0.506. The smallest absolute Gasteiger partial charge is 0.132 e. The van der Waals surface area contributed by atoms with E-state index in [0.29, 0.717) is 0 Å². The number of allylic oxidation sites excluding steroid dienone is 2. The molecular weight excluding hydrogens is 112 g/mol. The SMILES string of the molecule is C/C=C\C[C@@H](C)C(C)=O. The van der Waals surface area contributed by atoms with Crippen LogP contribution in [0.3, 0.4) is 0 Å². The van der Waals surface area contributed by atoms with Crippen molar-refractivity contribution in [1.29, 1.82) is 0 Å². The Labute approximate surface area is 56.8 Å². The lowest BCUT2D eigenvalue weighted by Crippen LogP contribution is -2.03. The van der Waals surface area contributed by atoms with E-state index in [1.165, 1.54) is 0 Å². The second kappa shape index (κ2) is 4.30. The molecule has 0 aromatic carbocycles. The van der Waals surface area contributed by atoms with Gasteiger partial charge in [-0.15, -0.1) is 0 Å². The summed E-state index contributed by atoms with van der Waals surface area (Å²) >= 11 is 0. The molecule has 1 atom stereocenters. The summed E-state index contributed by atoms with van der Waals surface area (Å²) in [6.07, 6.45) is 4.87. The molecule has 1 heteroatoms. The lowest BCUT2D eigenvalue weighted by atomic mass is 10.0. The van der Waals surface area contributed by atoms with Crippen LogP contribution >= 0.6 is 0 Å². The molecule has 0 aliphatic heterocycles. The largest absolute Gasteiger partial charge is 0.300 e. The molecule has 0 saturated heterocycles. The monoisotopic (exact) mass is 126 g/mol. The average Bonchev–Trinajstić information content (AvgIpc) is 1.82. The van der Waals surface area contributed by atoms with E-state index >= 15 is 0 Å². The first-order valence-electron chi connectivity index (χ1n) is 3.30. The van der Waals surface area contributed by atoms with Crippen LogP contribution < -0.4 is 0 Å². The van der Waals surface area contributed by atoms with Crippen molar-refractivity contribution in [3.63, 3.8) is 0 Å². The molecule has 0 amide bonds. The van der Waals surface area contributed by atoms with Gasteiger partial charge in [-0.25, -0.2) is 0 Å². The zero-order chi connectivity index (χ0) is 7.28. The van der Waals surface area contributed by atoms with Gasteiger partial charge >= 0.3 is 0 Å². The first kappa shape index (κ1) is 8.41. The summed E-state index contributed by atoms with van der Waals surface area (Å²) in [5.74, 6) is 0.467. The summed E-state index contributed by atoms with van der Waals surface area (Å²) in [6.45, 7) is 5.54. The highest BCUT2D eigenvalue weighted by molar-refractivity contribution is 5.77. The van der Waals surface area contributed by atoms with Crippen LogP contribution in [0, 0.1) is 5.92 Å². The Bertz CT molecular complexity index is 114. The van der Waals surface area contributed by atoms with E-state index in [1.807, 2.05) is 26.0 Å². The van der Waals surface area contributed by atoms with Crippen molar-refractivity contribution < 1.29 is 4.79 Å². The van der Waals surface area contributed by atoms with Crippen molar-refractivity contribution in [3.8, 4) is 0 Å². The van der Waals surface area contributed by atoms with Gasteiger partial charge in [0.15, 0.2) is 0 Å². The van der Waals surface area contributed by atoms with Gasteiger partial charge in [0.1, 0.15) is 5.78 Å². The Morgan fingerprint density at radius 3 is 2.56 bits per heavy atom. The summed E-state index contributed by atoms with van der Waals surface area (Å²) in [5.41, 5.74) is 0. The molecule has 0 fully saturated rings. The third-order valence-corrected chi connectivity index (χ3v) is 1.42. The predicted octanol–water partition coefficient (Wildman–Crippen LogP) is 2.18. The molecule has 0 bridgehead atoms. The van der Waals surface area contributed by atoms with Crippen molar-refractivity contribution in [3.05, 3.63) is 12.2 Å². The third-order valence-electron chi connectivity index (χ3n) is 1.42. The van der Waals surface area contributed by atoms with Gasteiger partial charge in [-0.3, -0.25) is 4.79 Å². The van der Waals surface area contributed by atoms with Gasteiger partial charge in [0.2, 0.25) is 0 Å². The molecule has 0 rings (SSSR count). The van der Waals surface area contributed by atoms with Crippen molar-refractivity contribution in [2.24, 2.45) is 5.92 Å². The van der Waals surface area contributed by atoms with Crippen LogP contribution in [0.5, 0.6) is 0 Å². The van der Waals surface area contributed by atoms with Gasteiger partial charge in [0, 0.05) is 5.92 Å². The summed E-state index contributed by atoms with van der Waals surface area (Å²) in [4.78, 5) is 10.6. The van der Waals surface area contributed by atoms with E-state index in [-0.39, 0.29) is 11.7 Å². The van der Waals surface area contributed by atoms with Crippen molar-refractivity contribution in [2.75, 3.05) is 0 Å². The van der Waals surface area contributed by atoms with Gasteiger partial charge in [-0.05, 0) is 20.3 Å². The number of hydrogen-bond donors (Lipinski definition) is 0. The number of ketones is 1. The minimum Gasteiger partial charge on any atom is -0.300 e. The number of hydrogen-bond acceptors (Lipinski definition) is 1. The topological polar surface area (TPSA) is 17.1 Å². The van der Waals surface area contributed by atoms with Crippen LogP contribution in [0.2, 0.25) is 0 Å². The van der Waals surface area contributed by atoms with E-state index in [9.17, 15) is 4.79 Å². The van der Waals surface area contributed by atoms with Crippen molar-refractivity contribution in [1.82, 2.24) is 0 Å². The van der Waals surface area contributed by atoms with E-state index in [1.54, 1.807) is 6.92 Å². The number of carbonyl (C=O) groups is 1. The Balaban J connectivity index is 3.50. The molecule has 0 saturated carbocycles. The van der Waals surface area contributed by atoms with Crippen LogP contribution in [0.25, 0.3) is 0 Å². The second-order valence-corrected chi connectivity index (χ2v) is 2.32. The Morgan fingerprint density at radius 1 is 1.67 bits per heavy atom. The van der Waals surface area contributed by atoms with Crippen LogP contribution in [0.1, 0.15) is 27.2 Å². The van der Waals surface area contributed by atoms with E-state index in [4.69, 9.17) is 0 Å². The quantitative estimate of drug-likeness (QED) is 0.530. The zero-order valence-electron chi connectivity index (χ0n) is 6.35. The maximum absolute atomic E-state index is 10.6. The molecule has 0 heterocycles. The summed E-state index contributed by atoms with van der Waals surface area (Å²) < 4.78 is 0. The molecule has 9 heavy (non-hydrogen) atoms. The molecule has 0 spiro atoms. The maximum Gasteiger partial charge on any atom is 0.132 e. The Kier molecular flexibility index (Phi) is 4.02.